The van der Waals surface area contributed by atoms with Crippen LogP contribution in [0.5, 0.6) is 17.2 Å². The number of aliphatic hydroxyl groups excluding tert-OH is 1. The summed E-state index contributed by atoms with van der Waals surface area (Å²) in [4.78, 5) is 0. The van der Waals surface area contributed by atoms with E-state index in [1.54, 1.807) is 11.8 Å². The van der Waals surface area contributed by atoms with E-state index in [0.29, 0.717) is 55.6 Å². The first-order valence-corrected chi connectivity index (χ1v) is 11.9. The minimum atomic E-state index is -0.411. The van der Waals surface area contributed by atoms with E-state index in [9.17, 15) is 5.11 Å². The number of benzene rings is 2. The molecule has 1 saturated heterocycles. The summed E-state index contributed by atoms with van der Waals surface area (Å²) in [6.07, 6.45) is 3.12. The van der Waals surface area contributed by atoms with Crippen LogP contribution in [0.1, 0.15) is 42.6 Å². The molecule has 4 rings (SSSR count). The van der Waals surface area contributed by atoms with Crippen molar-refractivity contribution < 1.29 is 24.1 Å². The van der Waals surface area contributed by atoms with Crippen LogP contribution in [0.3, 0.4) is 0 Å². The molecule has 0 amide bonds. The summed E-state index contributed by atoms with van der Waals surface area (Å²) < 4.78 is 23.6. The maximum absolute atomic E-state index is 10.4. The van der Waals surface area contributed by atoms with E-state index in [0.717, 1.165) is 22.4 Å². The molecule has 3 atom stereocenters. The predicted octanol–water partition coefficient (Wildman–Crippen LogP) is 5.00. The van der Waals surface area contributed by atoms with Gasteiger partial charge in [-0.3, -0.25) is 0 Å². The van der Waals surface area contributed by atoms with Crippen molar-refractivity contribution in [3.63, 3.8) is 0 Å². The molecule has 3 unspecified atom stereocenters. The van der Waals surface area contributed by atoms with Gasteiger partial charge in [0.2, 0.25) is 0 Å². The second kappa shape index (κ2) is 9.69. The number of rotatable bonds is 6. The molecule has 162 valence electrons. The Kier molecular flexibility index (Phi) is 6.98. The number of thioether (sulfide) groups is 1. The number of halogens is 1. The second-order valence-corrected chi connectivity index (χ2v) is 8.84. The van der Waals surface area contributed by atoms with E-state index < -0.39 is 6.10 Å². The van der Waals surface area contributed by atoms with Crippen LogP contribution in [-0.4, -0.2) is 42.7 Å². The van der Waals surface area contributed by atoms with Gasteiger partial charge in [0.15, 0.2) is 11.5 Å². The summed E-state index contributed by atoms with van der Waals surface area (Å²) in [6, 6.07) is 10.1. The standard InChI is InChI=1S/C23H27ClO5S/c1-3-26-17-6-4-14(5-7-17)10-15-11-18(19-12-16(25)13-20(29-19)30-2)22-23(21(15)24)28-9-8-27-22/h4-7,11,16,19-20,25H,3,8-10,12-13H2,1-2H3. The topological polar surface area (TPSA) is 57.2 Å². The fourth-order valence-corrected chi connectivity index (χ4v) is 4.85. The molecule has 2 heterocycles. The van der Waals surface area contributed by atoms with Gasteiger partial charge in [-0.2, -0.15) is 0 Å². The van der Waals surface area contributed by atoms with Gasteiger partial charge in [0.05, 0.1) is 23.8 Å². The van der Waals surface area contributed by atoms with Gasteiger partial charge in [-0.1, -0.05) is 23.7 Å². The third kappa shape index (κ3) is 4.67. The van der Waals surface area contributed by atoms with Gasteiger partial charge in [0.25, 0.3) is 0 Å². The number of fused-ring (bicyclic) bond motifs is 1. The Morgan fingerprint density at radius 3 is 2.57 bits per heavy atom. The molecule has 2 aromatic carbocycles. The molecule has 0 spiro atoms. The molecule has 2 aromatic rings. The first-order chi connectivity index (χ1) is 14.6. The molecule has 0 aliphatic carbocycles. The SMILES string of the molecule is CCOc1ccc(Cc2cc(C3CC(O)CC(SC)O3)c3c(c2Cl)OCCO3)cc1. The van der Waals surface area contributed by atoms with Crippen molar-refractivity contribution in [3.8, 4) is 17.2 Å². The van der Waals surface area contributed by atoms with Gasteiger partial charge in [0.1, 0.15) is 24.4 Å². The zero-order valence-electron chi connectivity index (χ0n) is 17.2. The Morgan fingerprint density at radius 2 is 1.87 bits per heavy atom. The first-order valence-electron chi connectivity index (χ1n) is 10.3. The van der Waals surface area contributed by atoms with Crippen molar-refractivity contribution in [3.05, 3.63) is 52.0 Å². The molecule has 30 heavy (non-hydrogen) atoms. The van der Waals surface area contributed by atoms with Gasteiger partial charge in [-0.15, -0.1) is 11.8 Å². The fourth-order valence-electron chi connectivity index (χ4n) is 3.93. The van der Waals surface area contributed by atoms with E-state index in [-0.39, 0.29) is 11.5 Å². The Balaban J connectivity index is 1.68. The Hall–Kier alpha value is -1.60. The Bertz CT molecular complexity index is 873. The monoisotopic (exact) mass is 450 g/mol. The van der Waals surface area contributed by atoms with E-state index in [2.05, 4.69) is 0 Å². The molecule has 0 radical (unpaired) electrons. The van der Waals surface area contributed by atoms with Crippen molar-refractivity contribution in [2.24, 2.45) is 0 Å². The number of ether oxygens (including phenoxy) is 4. The zero-order valence-corrected chi connectivity index (χ0v) is 18.8. The highest BCUT2D eigenvalue weighted by Crippen LogP contribution is 2.48. The highest BCUT2D eigenvalue weighted by molar-refractivity contribution is 7.99. The summed E-state index contributed by atoms with van der Waals surface area (Å²) in [5, 5.41) is 10.9. The van der Waals surface area contributed by atoms with Crippen LogP contribution in [0.15, 0.2) is 30.3 Å². The molecule has 7 heteroatoms. The van der Waals surface area contributed by atoms with E-state index in [1.807, 2.05) is 43.5 Å². The highest BCUT2D eigenvalue weighted by Gasteiger charge is 2.34. The van der Waals surface area contributed by atoms with Gasteiger partial charge >= 0.3 is 0 Å². The lowest BCUT2D eigenvalue weighted by Gasteiger charge is -2.34. The third-order valence-corrected chi connectivity index (χ3v) is 6.60. The van der Waals surface area contributed by atoms with E-state index in [1.165, 1.54) is 0 Å². The van der Waals surface area contributed by atoms with Crippen molar-refractivity contribution in [2.75, 3.05) is 26.1 Å². The van der Waals surface area contributed by atoms with Gasteiger partial charge in [0, 0.05) is 18.4 Å². The molecule has 2 aliphatic rings. The average molecular weight is 451 g/mol. The predicted molar refractivity (Wildman–Crippen MR) is 119 cm³/mol. The molecular weight excluding hydrogens is 424 g/mol. The lowest BCUT2D eigenvalue weighted by molar-refractivity contribution is -0.0618. The van der Waals surface area contributed by atoms with Gasteiger partial charge < -0.3 is 24.1 Å². The smallest absolute Gasteiger partial charge is 0.180 e. The summed E-state index contributed by atoms with van der Waals surface area (Å²) >= 11 is 8.34. The molecular formula is C23H27ClO5S. The fraction of sp³-hybridized carbons (Fsp3) is 0.478. The van der Waals surface area contributed by atoms with Crippen LogP contribution in [0.2, 0.25) is 5.02 Å². The van der Waals surface area contributed by atoms with Crippen LogP contribution >= 0.6 is 23.4 Å². The highest BCUT2D eigenvalue weighted by atomic mass is 35.5. The van der Waals surface area contributed by atoms with E-state index in [4.69, 9.17) is 30.5 Å². The van der Waals surface area contributed by atoms with Crippen LogP contribution in [0, 0.1) is 0 Å². The molecule has 1 fully saturated rings. The third-order valence-electron chi connectivity index (χ3n) is 5.36. The maximum Gasteiger partial charge on any atom is 0.180 e. The van der Waals surface area contributed by atoms with Gasteiger partial charge in [-0.05, 0) is 48.9 Å². The molecule has 2 aliphatic heterocycles. The van der Waals surface area contributed by atoms with Crippen LogP contribution < -0.4 is 14.2 Å². The first kappa shape index (κ1) is 21.6. The minimum absolute atomic E-state index is 0.0517. The molecule has 0 saturated carbocycles. The second-order valence-electron chi connectivity index (χ2n) is 7.46. The largest absolute Gasteiger partial charge is 0.494 e. The lowest BCUT2D eigenvalue weighted by Crippen LogP contribution is -2.30. The minimum Gasteiger partial charge on any atom is -0.494 e. The summed E-state index contributed by atoms with van der Waals surface area (Å²) in [6.45, 7) is 3.54. The number of aliphatic hydroxyl groups is 1. The summed E-state index contributed by atoms with van der Waals surface area (Å²) in [7, 11) is 0. The van der Waals surface area contributed by atoms with Crippen LogP contribution in [0.4, 0.5) is 0 Å². The molecule has 1 N–H and O–H groups in total. The summed E-state index contributed by atoms with van der Waals surface area (Å²) in [5.41, 5.74) is 2.91. The quantitative estimate of drug-likeness (QED) is 0.668. The Labute approximate surface area is 186 Å². The van der Waals surface area contributed by atoms with Crippen LogP contribution in [0.25, 0.3) is 0 Å². The number of hydrogen-bond donors (Lipinski definition) is 1. The Morgan fingerprint density at radius 1 is 1.13 bits per heavy atom. The van der Waals surface area contributed by atoms with Crippen molar-refractivity contribution in [1.29, 1.82) is 0 Å². The van der Waals surface area contributed by atoms with Gasteiger partial charge in [-0.25, -0.2) is 0 Å². The zero-order chi connectivity index (χ0) is 21.1. The van der Waals surface area contributed by atoms with Crippen molar-refractivity contribution >= 4 is 23.4 Å². The van der Waals surface area contributed by atoms with Crippen LogP contribution in [-0.2, 0) is 11.2 Å². The normalized spacial score (nSPS) is 23.3. The molecule has 0 bridgehead atoms. The summed E-state index contributed by atoms with van der Waals surface area (Å²) in [5.74, 6) is 2.06. The number of hydrogen-bond acceptors (Lipinski definition) is 6. The van der Waals surface area contributed by atoms with Crippen molar-refractivity contribution in [1.82, 2.24) is 0 Å². The van der Waals surface area contributed by atoms with Crippen molar-refractivity contribution in [2.45, 2.75) is 43.8 Å². The maximum atomic E-state index is 10.4. The lowest BCUT2D eigenvalue weighted by atomic mass is 9.94. The molecule has 5 nitrogen and oxygen atoms in total. The average Bonchev–Trinajstić information content (AvgIpc) is 2.76. The molecule has 0 aromatic heterocycles. The van der Waals surface area contributed by atoms with E-state index >= 15 is 0 Å².